The number of fused-ring (bicyclic) bond motifs is 1. The summed E-state index contributed by atoms with van der Waals surface area (Å²) >= 11 is 0. The fraction of sp³-hybridized carbons (Fsp3) is 0.444. The van der Waals surface area contributed by atoms with E-state index in [1.54, 1.807) is 0 Å². The zero-order valence-electron chi connectivity index (χ0n) is 13.6. The topological polar surface area (TPSA) is 41.1 Å². The third kappa shape index (κ3) is 3.21. The molecular formula is C18H24N4. The van der Waals surface area contributed by atoms with Crippen LogP contribution in [-0.2, 0) is 6.42 Å². The number of nitrogens with one attached hydrogen (secondary N) is 1. The summed E-state index contributed by atoms with van der Waals surface area (Å²) in [6, 6.07) is 10.7. The van der Waals surface area contributed by atoms with Crippen LogP contribution in [-0.4, -0.2) is 23.1 Å². The minimum atomic E-state index is 0.572. The number of rotatable bonds is 4. The van der Waals surface area contributed by atoms with Crippen LogP contribution in [0.15, 0.2) is 30.3 Å². The number of aryl methyl sites for hydroxylation is 2. The molecule has 22 heavy (non-hydrogen) atoms. The Morgan fingerprint density at radius 1 is 1.23 bits per heavy atom. The molecule has 0 amide bonds. The van der Waals surface area contributed by atoms with Crippen molar-refractivity contribution in [1.29, 1.82) is 0 Å². The van der Waals surface area contributed by atoms with Crippen molar-refractivity contribution in [2.75, 3.05) is 23.3 Å². The fourth-order valence-electron chi connectivity index (χ4n) is 2.84. The van der Waals surface area contributed by atoms with E-state index in [9.17, 15) is 0 Å². The molecule has 0 saturated heterocycles. The standard InChI is InChI=1S/C18H24N4/c1-13(2)12-19-18-20-14(3)11-17(21-18)22-10-6-8-15-7-4-5-9-16(15)22/h4-5,7,9,11,13H,6,8,10,12H2,1-3H3,(H,19,20,21). The third-order valence-electron chi connectivity index (χ3n) is 3.90. The molecule has 0 atom stereocenters. The van der Waals surface area contributed by atoms with Crippen LogP contribution in [0.2, 0.25) is 0 Å². The molecule has 1 aromatic heterocycles. The van der Waals surface area contributed by atoms with E-state index in [4.69, 9.17) is 4.98 Å². The molecule has 0 radical (unpaired) electrons. The van der Waals surface area contributed by atoms with Crippen molar-refractivity contribution in [2.45, 2.75) is 33.6 Å². The lowest BCUT2D eigenvalue weighted by Crippen LogP contribution is -2.26. The predicted octanol–water partition coefficient (Wildman–Crippen LogP) is 3.94. The zero-order chi connectivity index (χ0) is 15.5. The van der Waals surface area contributed by atoms with Crippen LogP contribution >= 0.6 is 0 Å². The fourth-order valence-corrected chi connectivity index (χ4v) is 2.84. The van der Waals surface area contributed by atoms with Crippen LogP contribution in [0.4, 0.5) is 17.5 Å². The van der Waals surface area contributed by atoms with E-state index in [2.05, 4.69) is 59.4 Å². The lowest BCUT2D eigenvalue weighted by molar-refractivity contribution is 0.683. The van der Waals surface area contributed by atoms with Gasteiger partial charge in [-0.2, -0.15) is 4.98 Å². The highest BCUT2D eigenvalue weighted by molar-refractivity contribution is 5.66. The van der Waals surface area contributed by atoms with Crippen molar-refractivity contribution in [3.05, 3.63) is 41.6 Å². The zero-order valence-corrected chi connectivity index (χ0v) is 13.6. The SMILES string of the molecule is Cc1cc(N2CCCc3ccccc32)nc(NCC(C)C)n1. The number of nitrogens with zero attached hydrogens (tertiary/aromatic N) is 3. The second-order valence-corrected chi connectivity index (χ2v) is 6.35. The minimum Gasteiger partial charge on any atom is -0.354 e. The quantitative estimate of drug-likeness (QED) is 0.928. The molecule has 0 fully saturated rings. The molecule has 2 aromatic rings. The normalized spacial score (nSPS) is 14.1. The number of benzene rings is 1. The second-order valence-electron chi connectivity index (χ2n) is 6.35. The average molecular weight is 296 g/mol. The van der Waals surface area contributed by atoms with Crippen molar-refractivity contribution < 1.29 is 0 Å². The summed E-state index contributed by atoms with van der Waals surface area (Å²) < 4.78 is 0. The van der Waals surface area contributed by atoms with Gasteiger partial charge in [0.05, 0.1) is 0 Å². The molecular weight excluding hydrogens is 272 g/mol. The number of hydrogen-bond acceptors (Lipinski definition) is 4. The first-order chi connectivity index (χ1) is 10.6. The van der Waals surface area contributed by atoms with Crippen LogP contribution in [0.1, 0.15) is 31.5 Å². The van der Waals surface area contributed by atoms with E-state index < -0.39 is 0 Å². The van der Waals surface area contributed by atoms with Gasteiger partial charge in [0.15, 0.2) is 0 Å². The Kier molecular flexibility index (Phi) is 4.27. The van der Waals surface area contributed by atoms with Crippen molar-refractivity contribution >= 4 is 17.5 Å². The molecule has 1 N–H and O–H groups in total. The molecule has 0 aliphatic carbocycles. The maximum atomic E-state index is 4.73. The van der Waals surface area contributed by atoms with Gasteiger partial charge < -0.3 is 10.2 Å². The van der Waals surface area contributed by atoms with E-state index >= 15 is 0 Å². The maximum Gasteiger partial charge on any atom is 0.224 e. The first kappa shape index (κ1) is 14.8. The van der Waals surface area contributed by atoms with Gasteiger partial charge in [0.1, 0.15) is 5.82 Å². The summed E-state index contributed by atoms with van der Waals surface area (Å²) in [5.74, 6) is 2.29. The van der Waals surface area contributed by atoms with E-state index in [0.717, 1.165) is 43.4 Å². The highest BCUT2D eigenvalue weighted by atomic mass is 15.2. The van der Waals surface area contributed by atoms with E-state index in [-0.39, 0.29) is 0 Å². The molecule has 0 saturated carbocycles. The predicted molar refractivity (Wildman–Crippen MR) is 91.9 cm³/mol. The Hall–Kier alpha value is -2.10. The first-order valence-corrected chi connectivity index (χ1v) is 8.08. The monoisotopic (exact) mass is 296 g/mol. The Morgan fingerprint density at radius 3 is 2.86 bits per heavy atom. The summed E-state index contributed by atoms with van der Waals surface area (Å²) in [4.78, 5) is 11.6. The molecule has 1 aromatic carbocycles. The average Bonchev–Trinajstić information content (AvgIpc) is 2.52. The van der Waals surface area contributed by atoms with Gasteiger partial charge in [0, 0.05) is 30.5 Å². The molecule has 0 unspecified atom stereocenters. The smallest absolute Gasteiger partial charge is 0.224 e. The summed E-state index contributed by atoms with van der Waals surface area (Å²) in [6.45, 7) is 8.30. The lowest BCUT2D eigenvalue weighted by Gasteiger charge is -2.30. The summed E-state index contributed by atoms with van der Waals surface area (Å²) in [5.41, 5.74) is 3.68. The number of hydrogen-bond donors (Lipinski definition) is 1. The van der Waals surface area contributed by atoms with Gasteiger partial charge >= 0.3 is 0 Å². The molecule has 0 bridgehead atoms. The Balaban J connectivity index is 1.92. The van der Waals surface area contributed by atoms with Crippen LogP contribution < -0.4 is 10.2 Å². The van der Waals surface area contributed by atoms with E-state index in [1.165, 1.54) is 11.3 Å². The molecule has 3 rings (SSSR count). The van der Waals surface area contributed by atoms with E-state index in [1.807, 2.05) is 6.92 Å². The minimum absolute atomic E-state index is 0.572. The van der Waals surface area contributed by atoms with Crippen LogP contribution in [0.5, 0.6) is 0 Å². The highest BCUT2D eigenvalue weighted by Crippen LogP contribution is 2.32. The lowest BCUT2D eigenvalue weighted by atomic mass is 10.0. The maximum absolute atomic E-state index is 4.73. The van der Waals surface area contributed by atoms with Gasteiger partial charge in [-0.25, -0.2) is 4.98 Å². The Morgan fingerprint density at radius 2 is 2.05 bits per heavy atom. The largest absolute Gasteiger partial charge is 0.354 e. The van der Waals surface area contributed by atoms with Gasteiger partial charge in [-0.1, -0.05) is 32.0 Å². The van der Waals surface area contributed by atoms with Crippen molar-refractivity contribution in [3.8, 4) is 0 Å². The summed E-state index contributed by atoms with van der Waals surface area (Å²) in [7, 11) is 0. The third-order valence-corrected chi connectivity index (χ3v) is 3.90. The van der Waals surface area contributed by atoms with E-state index in [0.29, 0.717) is 5.92 Å². The second kappa shape index (κ2) is 6.34. The molecule has 1 aliphatic rings. The molecule has 2 heterocycles. The van der Waals surface area contributed by atoms with Gasteiger partial charge in [-0.15, -0.1) is 0 Å². The van der Waals surface area contributed by atoms with Gasteiger partial charge in [-0.3, -0.25) is 0 Å². The van der Waals surface area contributed by atoms with Crippen molar-refractivity contribution in [2.24, 2.45) is 5.92 Å². The molecule has 0 spiro atoms. The van der Waals surface area contributed by atoms with Crippen molar-refractivity contribution in [1.82, 2.24) is 9.97 Å². The Bertz CT molecular complexity index is 651. The summed E-state index contributed by atoms with van der Waals surface area (Å²) in [6.07, 6.45) is 2.31. The van der Waals surface area contributed by atoms with Crippen molar-refractivity contribution in [3.63, 3.8) is 0 Å². The van der Waals surface area contributed by atoms with Crippen LogP contribution in [0.3, 0.4) is 0 Å². The number of para-hydroxylation sites is 1. The van der Waals surface area contributed by atoms with Gasteiger partial charge in [0.25, 0.3) is 0 Å². The van der Waals surface area contributed by atoms with Crippen LogP contribution in [0.25, 0.3) is 0 Å². The number of aromatic nitrogens is 2. The molecule has 4 heteroatoms. The van der Waals surface area contributed by atoms with Gasteiger partial charge in [-0.05, 0) is 37.3 Å². The highest BCUT2D eigenvalue weighted by Gasteiger charge is 2.19. The Labute approximate surface area is 132 Å². The molecule has 1 aliphatic heterocycles. The molecule has 116 valence electrons. The first-order valence-electron chi connectivity index (χ1n) is 8.08. The van der Waals surface area contributed by atoms with Crippen LogP contribution in [0, 0.1) is 12.8 Å². The molecule has 4 nitrogen and oxygen atoms in total. The van der Waals surface area contributed by atoms with Gasteiger partial charge in [0.2, 0.25) is 5.95 Å². The summed E-state index contributed by atoms with van der Waals surface area (Å²) in [5, 5.41) is 3.34. The number of anilines is 3.